The first-order valence-electron chi connectivity index (χ1n) is 11.2. The van der Waals surface area contributed by atoms with Crippen molar-refractivity contribution >= 4 is 32.2 Å². The van der Waals surface area contributed by atoms with Crippen LogP contribution in [0.5, 0.6) is 0 Å². The summed E-state index contributed by atoms with van der Waals surface area (Å²) in [4.78, 5) is 4.85. The maximum Gasteiger partial charge on any atom is 0.229 e. The van der Waals surface area contributed by atoms with Gasteiger partial charge in [0.25, 0.3) is 0 Å². The number of benzene rings is 3. The Bertz CT molecular complexity index is 1560. The van der Waals surface area contributed by atoms with Crippen LogP contribution >= 0.6 is 0 Å². The maximum absolute atomic E-state index is 13.5. The Morgan fingerprint density at radius 2 is 1.62 bits per heavy atom. The molecule has 0 bridgehead atoms. The van der Waals surface area contributed by atoms with E-state index in [1.165, 1.54) is 10.1 Å². The summed E-state index contributed by atoms with van der Waals surface area (Å²) in [7, 11) is -3.90. The van der Waals surface area contributed by atoms with Crippen molar-refractivity contribution in [1.82, 2.24) is 19.8 Å². The van der Waals surface area contributed by atoms with E-state index in [-0.39, 0.29) is 15.6 Å². The number of hydrogen-bond acceptors (Lipinski definition) is 6. The van der Waals surface area contributed by atoms with Crippen LogP contribution in [-0.4, -0.2) is 34.8 Å². The molecular weight excluding hydrogens is 446 g/mol. The lowest BCUT2D eigenvalue weighted by Crippen LogP contribution is -2.09. The Morgan fingerprint density at radius 1 is 0.912 bits per heavy atom. The number of anilines is 1. The molecule has 0 unspecified atom stereocenters. The van der Waals surface area contributed by atoms with E-state index in [4.69, 9.17) is 0 Å². The van der Waals surface area contributed by atoms with Crippen LogP contribution in [0, 0.1) is 0 Å². The van der Waals surface area contributed by atoms with Gasteiger partial charge in [0.05, 0.1) is 10.4 Å². The van der Waals surface area contributed by atoms with Gasteiger partial charge in [-0.2, -0.15) is 4.52 Å². The number of aromatic nitrogens is 4. The molecule has 172 valence electrons. The predicted octanol–water partition coefficient (Wildman–Crippen LogP) is 4.89. The number of sulfone groups is 1. The third-order valence-corrected chi connectivity index (χ3v) is 7.55. The lowest BCUT2D eigenvalue weighted by Gasteiger charge is -2.11. The predicted molar refractivity (Wildman–Crippen MR) is 133 cm³/mol. The Hall–Kier alpha value is -3.78. The molecule has 0 aliphatic rings. The maximum atomic E-state index is 13.5. The Morgan fingerprint density at radius 3 is 2.35 bits per heavy atom. The fourth-order valence-corrected chi connectivity index (χ4v) is 5.20. The van der Waals surface area contributed by atoms with Crippen LogP contribution in [0.2, 0.25) is 0 Å². The number of rotatable bonds is 7. The van der Waals surface area contributed by atoms with Crippen molar-refractivity contribution in [3.8, 4) is 0 Å². The highest BCUT2D eigenvalue weighted by Gasteiger charge is 2.27. The molecular formula is C26H25N5O2S. The van der Waals surface area contributed by atoms with Gasteiger partial charge in [0.1, 0.15) is 5.82 Å². The Balaban J connectivity index is 1.56. The van der Waals surface area contributed by atoms with Crippen LogP contribution in [0.15, 0.2) is 88.8 Å². The van der Waals surface area contributed by atoms with Gasteiger partial charge in [-0.3, -0.25) is 0 Å². The summed E-state index contributed by atoms with van der Waals surface area (Å²) < 4.78 is 28.4. The number of nitrogens with zero attached hydrogens (tertiary/aromatic N) is 4. The molecule has 0 amide bonds. The van der Waals surface area contributed by atoms with Crippen molar-refractivity contribution in [2.75, 3.05) is 11.9 Å². The second-order valence-electron chi connectivity index (χ2n) is 8.50. The second kappa shape index (κ2) is 8.87. The van der Waals surface area contributed by atoms with E-state index in [1.54, 1.807) is 12.1 Å². The second-order valence-corrected chi connectivity index (χ2v) is 10.4. The molecule has 5 aromatic rings. The smallest absolute Gasteiger partial charge is 0.229 e. The molecule has 2 aromatic heterocycles. The van der Waals surface area contributed by atoms with Crippen LogP contribution in [0.4, 0.5) is 5.82 Å². The number of nitrogens with one attached hydrogen (secondary N) is 1. The average molecular weight is 472 g/mol. The Labute approximate surface area is 198 Å². The molecule has 8 heteroatoms. The third kappa shape index (κ3) is 4.01. The zero-order valence-corrected chi connectivity index (χ0v) is 19.8. The third-order valence-electron chi connectivity index (χ3n) is 5.88. The monoisotopic (exact) mass is 471 g/mol. The van der Waals surface area contributed by atoms with E-state index in [0.717, 1.165) is 22.9 Å². The summed E-state index contributed by atoms with van der Waals surface area (Å²) in [6.07, 6.45) is 0.812. The van der Waals surface area contributed by atoms with Crippen molar-refractivity contribution in [2.45, 2.75) is 36.1 Å². The summed E-state index contributed by atoms with van der Waals surface area (Å²) in [6.45, 7) is 4.78. The van der Waals surface area contributed by atoms with Crippen LogP contribution < -0.4 is 5.32 Å². The lowest BCUT2D eigenvalue weighted by molar-refractivity contribution is 0.592. The van der Waals surface area contributed by atoms with Crippen LogP contribution in [0.1, 0.15) is 30.9 Å². The summed E-state index contributed by atoms with van der Waals surface area (Å²) in [5.74, 6) is 0.914. The molecule has 7 nitrogen and oxygen atoms in total. The van der Waals surface area contributed by atoms with Gasteiger partial charge in [-0.1, -0.05) is 73.7 Å². The molecule has 0 aliphatic carbocycles. The molecule has 5 rings (SSSR count). The van der Waals surface area contributed by atoms with Crippen molar-refractivity contribution in [1.29, 1.82) is 0 Å². The highest BCUT2D eigenvalue weighted by molar-refractivity contribution is 7.91. The van der Waals surface area contributed by atoms with Crippen LogP contribution in [0.25, 0.3) is 16.6 Å². The summed E-state index contributed by atoms with van der Waals surface area (Å²) >= 11 is 0. The molecule has 0 spiro atoms. The van der Waals surface area contributed by atoms with Gasteiger partial charge in [0.2, 0.25) is 14.9 Å². The Kier molecular flexibility index (Phi) is 5.75. The minimum absolute atomic E-state index is 0.151. The lowest BCUT2D eigenvalue weighted by atomic mass is 10.0. The summed E-state index contributed by atoms with van der Waals surface area (Å²) in [5.41, 5.74) is 3.22. The van der Waals surface area contributed by atoms with Gasteiger partial charge in [-0.25, -0.2) is 13.4 Å². The minimum atomic E-state index is -3.90. The van der Waals surface area contributed by atoms with Crippen LogP contribution in [-0.2, 0) is 16.3 Å². The molecule has 0 saturated heterocycles. The van der Waals surface area contributed by atoms with E-state index in [2.05, 4.69) is 46.6 Å². The van der Waals surface area contributed by atoms with Crippen molar-refractivity contribution in [3.63, 3.8) is 0 Å². The fraction of sp³-hybridized carbons (Fsp3) is 0.192. The average Bonchev–Trinajstić information content (AvgIpc) is 3.30. The van der Waals surface area contributed by atoms with E-state index in [0.29, 0.717) is 18.3 Å². The van der Waals surface area contributed by atoms with E-state index in [1.807, 2.05) is 54.6 Å². The standard InChI is InChI=1S/C26H25N5O2S/c1-18(2)20-12-14-21(15-13-20)34(32,33)26-25-28-24(27-17-16-19-8-4-3-5-9-19)22-10-6-7-11-23(22)31(25)30-29-26/h3-15,18H,16-17H2,1-2H3,(H,27,28). The fourth-order valence-electron chi connectivity index (χ4n) is 3.97. The number of hydrogen-bond donors (Lipinski definition) is 1. The molecule has 0 radical (unpaired) electrons. The largest absolute Gasteiger partial charge is 0.369 e. The van der Waals surface area contributed by atoms with Gasteiger partial charge >= 0.3 is 0 Å². The van der Waals surface area contributed by atoms with Crippen molar-refractivity contribution in [3.05, 3.63) is 90.0 Å². The molecule has 0 atom stereocenters. The van der Waals surface area contributed by atoms with Crippen molar-refractivity contribution in [2.24, 2.45) is 0 Å². The zero-order chi connectivity index (χ0) is 23.7. The first kappa shape index (κ1) is 22.0. The quantitative estimate of drug-likeness (QED) is 0.364. The molecule has 34 heavy (non-hydrogen) atoms. The number of fused-ring (bicyclic) bond motifs is 3. The van der Waals surface area contributed by atoms with Crippen molar-refractivity contribution < 1.29 is 8.42 Å². The van der Waals surface area contributed by atoms with Gasteiger partial charge in [-0.15, -0.1) is 5.10 Å². The first-order chi connectivity index (χ1) is 16.4. The molecule has 3 aromatic carbocycles. The highest BCUT2D eigenvalue weighted by atomic mass is 32.2. The first-order valence-corrected chi connectivity index (χ1v) is 12.7. The molecule has 1 N–H and O–H groups in total. The summed E-state index contributed by atoms with van der Waals surface area (Å²) in [6, 6.07) is 24.7. The topological polar surface area (TPSA) is 89.2 Å². The molecule has 0 fully saturated rings. The molecule has 2 heterocycles. The van der Waals surface area contributed by atoms with Crippen LogP contribution in [0.3, 0.4) is 0 Å². The summed E-state index contributed by atoms with van der Waals surface area (Å²) in [5, 5.41) is 12.3. The van der Waals surface area contributed by atoms with Gasteiger partial charge < -0.3 is 5.32 Å². The molecule has 0 saturated carbocycles. The van der Waals surface area contributed by atoms with Gasteiger partial charge in [-0.05, 0) is 47.7 Å². The van der Waals surface area contributed by atoms with E-state index < -0.39 is 9.84 Å². The van der Waals surface area contributed by atoms with E-state index >= 15 is 0 Å². The van der Waals surface area contributed by atoms with E-state index in [9.17, 15) is 8.42 Å². The minimum Gasteiger partial charge on any atom is -0.369 e. The van der Waals surface area contributed by atoms with Gasteiger partial charge in [0.15, 0.2) is 5.65 Å². The molecule has 0 aliphatic heterocycles. The SMILES string of the molecule is CC(C)c1ccc(S(=O)(=O)c2nnn3c2nc(NCCc2ccccc2)c2ccccc23)cc1. The highest BCUT2D eigenvalue weighted by Crippen LogP contribution is 2.28. The normalized spacial score (nSPS) is 12.0. The zero-order valence-electron chi connectivity index (χ0n) is 19.0. The number of para-hydroxylation sites is 1. The van der Waals surface area contributed by atoms with Gasteiger partial charge in [0, 0.05) is 11.9 Å².